The van der Waals surface area contributed by atoms with Crippen LogP contribution in [0.25, 0.3) is 10.8 Å². The molecule has 5 unspecified atom stereocenters. The zero-order chi connectivity index (χ0) is 29.4. The lowest BCUT2D eigenvalue weighted by molar-refractivity contribution is 0.0837. The Morgan fingerprint density at radius 2 is 1.98 bits per heavy atom. The lowest BCUT2D eigenvalue weighted by Gasteiger charge is -2.38. The minimum absolute atomic E-state index is 0.0779. The van der Waals surface area contributed by atoms with E-state index < -0.39 is 0 Å². The normalized spacial score (nSPS) is 30.8. The first kappa shape index (κ1) is 26.8. The van der Waals surface area contributed by atoms with Crippen molar-refractivity contribution < 1.29 is 9.84 Å². The number of anilines is 2. The Kier molecular flexibility index (Phi) is 6.23. The molecule has 6 aliphatic heterocycles. The number of nitrogens with zero attached hydrogens (tertiary/aromatic N) is 5. The monoisotopic (exact) mass is 591 g/mol. The second kappa shape index (κ2) is 10.2. The molecule has 0 amide bonds. The van der Waals surface area contributed by atoms with Crippen LogP contribution in [-0.2, 0) is 13.0 Å². The van der Waals surface area contributed by atoms with Crippen LogP contribution in [-0.4, -0.2) is 89.0 Å². The second-order valence-corrected chi connectivity index (χ2v) is 13.9. The summed E-state index contributed by atoms with van der Waals surface area (Å²) in [6.07, 6.45) is 14.0. The molecule has 2 bridgehead atoms. The predicted molar refractivity (Wildman–Crippen MR) is 171 cm³/mol. The Labute approximate surface area is 259 Å². The van der Waals surface area contributed by atoms with E-state index >= 15 is 0 Å². The Morgan fingerprint density at radius 1 is 1.09 bits per heavy atom. The molecule has 0 radical (unpaired) electrons. The molecule has 0 aliphatic carbocycles. The van der Waals surface area contributed by atoms with Crippen LogP contribution in [0.3, 0.4) is 0 Å². The molecule has 5 saturated heterocycles. The van der Waals surface area contributed by atoms with Gasteiger partial charge in [0, 0.05) is 72.1 Å². The van der Waals surface area contributed by atoms with Crippen LogP contribution in [0.1, 0.15) is 55.3 Å². The van der Waals surface area contributed by atoms with E-state index in [9.17, 15) is 5.11 Å². The number of phenolic OH excluding ortho intramolecular Hbond substituents is 1. The van der Waals surface area contributed by atoms with Crippen molar-refractivity contribution in [3.05, 3.63) is 47.2 Å². The Hall–Kier alpha value is -3.58. The molecule has 9 heteroatoms. The maximum atomic E-state index is 10.7. The van der Waals surface area contributed by atoms with Crippen molar-refractivity contribution >= 4 is 22.3 Å². The number of phenols is 1. The number of nitrogens with one attached hydrogen (secondary N) is 2. The van der Waals surface area contributed by atoms with E-state index in [4.69, 9.17) is 21.1 Å². The maximum absolute atomic E-state index is 10.7. The van der Waals surface area contributed by atoms with Gasteiger partial charge in [-0.1, -0.05) is 18.1 Å². The molecule has 44 heavy (non-hydrogen) atoms. The number of rotatable bonds is 5. The van der Waals surface area contributed by atoms with Gasteiger partial charge in [0.1, 0.15) is 18.2 Å². The molecule has 6 aliphatic rings. The van der Waals surface area contributed by atoms with Gasteiger partial charge in [-0.2, -0.15) is 9.97 Å². The Bertz CT molecular complexity index is 1660. The van der Waals surface area contributed by atoms with Crippen LogP contribution < -0.4 is 25.2 Å². The SMILES string of the molecule is C#Cc1cccc2cc(O)cc(N3CCc4c(nc(OCC56CCCN5C5CCNC5C6)nc4N4CC5CCC(C4)N5)C3)c12. The fourth-order valence-corrected chi connectivity index (χ4v) is 9.50. The zero-order valence-electron chi connectivity index (χ0n) is 25.3. The molecule has 5 fully saturated rings. The third-order valence-corrected chi connectivity index (χ3v) is 11.4. The highest BCUT2D eigenvalue weighted by atomic mass is 16.5. The average Bonchev–Trinajstić information content (AvgIpc) is 3.80. The van der Waals surface area contributed by atoms with Crippen LogP contribution in [0.4, 0.5) is 11.5 Å². The third kappa shape index (κ3) is 4.26. The van der Waals surface area contributed by atoms with Crippen molar-refractivity contribution in [1.29, 1.82) is 0 Å². The lowest BCUT2D eigenvalue weighted by Crippen LogP contribution is -2.52. The van der Waals surface area contributed by atoms with Crippen LogP contribution in [0.15, 0.2) is 30.3 Å². The second-order valence-electron chi connectivity index (χ2n) is 13.9. The fourth-order valence-electron chi connectivity index (χ4n) is 9.50. The van der Waals surface area contributed by atoms with Crippen molar-refractivity contribution in [2.45, 2.75) is 81.2 Å². The molecule has 3 N–H and O–H groups in total. The number of piperazine rings is 1. The van der Waals surface area contributed by atoms with Crippen LogP contribution in [0, 0.1) is 12.3 Å². The smallest absolute Gasteiger partial charge is 0.318 e. The standard InChI is InChI=1S/C35H41N7O2/c1-2-22-5-3-6-23-15-26(43)16-31(32(22)23)40-14-10-27-29(20-40)38-34(39-33(27)41-18-24-7-8-25(19-41)37-24)44-21-35-11-4-13-42(35)30-9-12-36-28(30)17-35/h1,3,5-6,15-16,24-25,28,30,36-37,43H,4,7-14,17-21H2. The summed E-state index contributed by atoms with van der Waals surface area (Å²) in [7, 11) is 0. The molecule has 2 aromatic carbocycles. The zero-order valence-corrected chi connectivity index (χ0v) is 25.3. The topological polar surface area (TPSA) is 89.0 Å². The predicted octanol–water partition coefficient (Wildman–Crippen LogP) is 3.17. The minimum atomic E-state index is 0.0779. The number of terminal acetylenes is 1. The highest BCUT2D eigenvalue weighted by molar-refractivity contribution is 6.00. The number of ether oxygens (including phenoxy) is 1. The van der Waals surface area contributed by atoms with Crippen molar-refractivity contribution in [1.82, 2.24) is 25.5 Å². The first-order valence-corrected chi connectivity index (χ1v) is 16.6. The van der Waals surface area contributed by atoms with Crippen molar-refractivity contribution in [2.75, 3.05) is 49.1 Å². The quantitative estimate of drug-likeness (QED) is 0.388. The highest BCUT2D eigenvalue weighted by Crippen LogP contribution is 2.45. The molecule has 7 heterocycles. The number of hydrogen-bond acceptors (Lipinski definition) is 9. The molecule has 9 nitrogen and oxygen atoms in total. The molecule has 5 atom stereocenters. The maximum Gasteiger partial charge on any atom is 0.318 e. The first-order valence-electron chi connectivity index (χ1n) is 16.6. The molecule has 1 aromatic heterocycles. The van der Waals surface area contributed by atoms with Crippen LogP contribution in [0.5, 0.6) is 11.8 Å². The van der Waals surface area contributed by atoms with Gasteiger partial charge in [-0.15, -0.1) is 6.42 Å². The van der Waals surface area contributed by atoms with Gasteiger partial charge in [-0.05, 0) is 75.6 Å². The number of aromatic hydroxyl groups is 1. The van der Waals surface area contributed by atoms with Gasteiger partial charge in [-0.25, -0.2) is 0 Å². The van der Waals surface area contributed by atoms with E-state index in [1.807, 2.05) is 24.3 Å². The number of hydrogen-bond donors (Lipinski definition) is 3. The van der Waals surface area contributed by atoms with E-state index in [1.54, 1.807) is 6.07 Å². The van der Waals surface area contributed by atoms with Crippen molar-refractivity contribution in [2.24, 2.45) is 0 Å². The van der Waals surface area contributed by atoms with Gasteiger partial charge in [0.15, 0.2) is 0 Å². The van der Waals surface area contributed by atoms with Gasteiger partial charge in [0.2, 0.25) is 0 Å². The molecular weight excluding hydrogens is 550 g/mol. The van der Waals surface area contributed by atoms with E-state index in [2.05, 4.69) is 31.3 Å². The summed E-state index contributed by atoms with van der Waals surface area (Å²) in [6, 6.07) is 12.3. The average molecular weight is 592 g/mol. The lowest BCUT2D eigenvalue weighted by atomic mass is 9.93. The molecular formula is C35H41N7O2. The van der Waals surface area contributed by atoms with E-state index in [0.717, 1.165) is 72.6 Å². The summed E-state index contributed by atoms with van der Waals surface area (Å²) in [5.41, 5.74) is 4.11. The third-order valence-electron chi connectivity index (χ3n) is 11.4. The van der Waals surface area contributed by atoms with E-state index in [-0.39, 0.29) is 11.3 Å². The minimum Gasteiger partial charge on any atom is -0.508 e. The number of benzene rings is 2. The van der Waals surface area contributed by atoms with Crippen molar-refractivity contribution in [3.8, 4) is 24.1 Å². The van der Waals surface area contributed by atoms with Gasteiger partial charge in [0.05, 0.1) is 17.8 Å². The fraction of sp³-hybridized carbons (Fsp3) is 0.543. The van der Waals surface area contributed by atoms with E-state index in [1.165, 1.54) is 44.2 Å². The molecule has 0 spiro atoms. The van der Waals surface area contributed by atoms with Crippen molar-refractivity contribution in [3.63, 3.8) is 0 Å². The molecule has 9 rings (SSSR count). The Morgan fingerprint density at radius 3 is 2.84 bits per heavy atom. The summed E-state index contributed by atoms with van der Waals surface area (Å²) >= 11 is 0. The number of fused-ring (bicyclic) bond motifs is 7. The van der Waals surface area contributed by atoms with Gasteiger partial charge in [-0.3, -0.25) is 4.90 Å². The van der Waals surface area contributed by atoms with Gasteiger partial charge < -0.3 is 30.3 Å². The number of aromatic nitrogens is 2. The first-order chi connectivity index (χ1) is 21.6. The summed E-state index contributed by atoms with van der Waals surface area (Å²) in [5.74, 6) is 4.16. The van der Waals surface area contributed by atoms with Crippen LogP contribution >= 0.6 is 0 Å². The molecule has 3 aromatic rings. The summed E-state index contributed by atoms with van der Waals surface area (Å²) in [4.78, 5) is 17.9. The Balaban J connectivity index is 1.07. The largest absolute Gasteiger partial charge is 0.508 e. The molecule has 0 saturated carbocycles. The molecule has 228 valence electrons. The van der Waals surface area contributed by atoms with Gasteiger partial charge >= 0.3 is 6.01 Å². The summed E-state index contributed by atoms with van der Waals surface area (Å²) < 4.78 is 6.67. The highest BCUT2D eigenvalue weighted by Gasteiger charge is 2.55. The van der Waals surface area contributed by atoms with Gasteiger partial charge in [0.25, 0.3) is 0 Å². The van der Waals surface area contributed by atoms with Crippen LogP contribution in [0.2, 0.25) is 0 Å². The van der Waals surface area contributed by atoms with E-state index in [0.29, 0.717) is 43.3 Å². The summed E-state index contributed by atoms with van der Waals surface area (Å²) in [6.45, 7) is 6.28. The summed E-state index contributed by atoms with van der Waals surface area (Å²) in [5, 5.41) is 20.1.